The molecule has 0 unspecified atom stereocenters. The number of hydrogen-bond donors (Lipinski definition) is 2. The van der Waals surface area contributed by atoms with Crippen molar-refractivity contribution < 1.29 is 19.1 Å². The molecule has 3 rings (SSSR count). The summed E-state index contributed by atoms with van der Waals surface area (Å²) in [5, 5.41) is 4.49. The monoisotopic (exact) mass is 422 g/mol. The third-order valence-corrected chi connectivity index (χ3v) is 4.96. The highest BCUT2D eigenvalue weighted by molar-refractivity contribution is 6.00. The number of amides is 2. The molecule has 0 radical (unpaired) electrons. The fourth-order valence-electron chi connectivity index (χ4n) is 3.23. The summed E-state index contributed by atoms with van der Waals surface area (Å²) < 4.78 is 12.1. The van der Waals surface area contributed by atoms with Crippen LogP contribution in [0.3, 0.4) is 0 Å². The van der Waals surface area contributed by atoms with Crippen molar-refractivity contribution in [3.8, 4) is 11.5 Å². The van der Waals surface area contributed by atoms with E-state index >= 15 is 0 Å². The lowest BCUT2D eigenvalue weighted by Gasteiger charge is -2.10. The van der Waals surface area contributed by atoms with E-state index in [1.54, 1.807) is 29.8 Å². The summed E-state index contributed by atoms with van der Waals surface area (Å²) >= 11 is 0. The topological polar surface area (TPSA) is 94.5 Å². The average molecular weight is 422 g/mol. The standard InChI is InChI=1S/C23H26N4O4/c1-14-6-8-17(9-7-14)13-27-16(3)21(15(2)26-27)23(29)25-24-22(28)18-10-19(30-4)12-20(11-18)31-5/h6-12H,13H2,1-5H3,(H,24,28)(H,25,29). The molecule has 0 aliphatic heterocycles. The zero-order valence-electron chi connectivity index (χ0n) is 18.3. The summed E-state index contributed by atoms with van der Waals surface area (Å²) in [5.41, 5.74) is 9.18. The Bertz CT molecular complexity index is 1080. The zero-order valence-corrected chi connectivity index (χ0v) is 18.3. The Balaban J connectivity index is 1.71. The molecule has 0 saturated heterocycles. The Labute approximate surface area is 181 Å². The van der Waals surface area contributed by atoms with Gasteiger partial charge in [-0.25, -0.2) is 0 Å². The summed E-state index contributed by atoms with van der Waals surface area (Å²) in [7, 11) is 3.00. The molecule has 0 atom stereocenters. The van der Waals surface area contributed by atoms with Crippen LogP contribution in [-0.2, 0) is 6.54 Å². The molecule has 162 valence electrons. The van der Waals surface area contributed by atoms with Gasteiger partial charge in [0.15, 0.2) is 0 Å². The Morgan fingerprint density at radius 3 is 2.06 bits per heavy atom. The lowest BCUT2D eigenvalue weighted by Crippen LogP contribution is -2.42. The number of benzene rings is 2. The molecule has 0 aliphatic carbocycles. The van der Waals surface area contributed by atoms with Crippen molar-refractivity contribution in [1.29, 1.82) is 0 Å². The van der Waals surface area contributed by atoms with Crippen LogP contribution in [0.2, 0.25) is 0 Å². The quantitative estimate of drug-likeness (QED) is 0.596. The second-order valence-corrected chi connectivity index (χ2v) is 7.20. The highest BCUT2D eigenvalue weighted by atomic mass is 16.5. The number of hydrogen-bond acceptors (Lipinski definition) is 5. The molecule has 3 aromatic rings. The first-order valence-corrected chi connectivity index (χ1v) is 9.75. The maximum atomic E-state index is 12.8. The average Bonchev–Trinajstić information content (AvgIpc) is 3.05. The van der Waals surface area contributed by atoms with Gasteiger partial charge in [-0.2, -0.15) is 5.10 Å². The molecule has 0 saturated carbocycles. The Morgan fingerprint density at radius 2 is 1.48 bits per heavy atom. The first kappa shape index (κ1) is 21.9. The van der Waals surface area contributed by atoms with Gasteiger partial charge in [0, 0.05) is 17.3 Å². The number of carbonyl (C=O) groups excluding carboxylic acids is 2. The van der Waals surface area contributed by atoms with E-state index in [1.165, 1.54) is 19.8 Å². The highest BCUT2D eigenvalue weighted by Gasteiger charge is 2.20. The van der Waals surface area contributed by atoms with Crippen LogP contribution in [0.15, 0.2) is 42.5 Å². The summed E-state index contributed by atoms with van der Waals surface area (Å²) in [6, 6.07) is 12.9. The molecule has 1 heterocycles. The van der Waals surface area contributed by atoms with Crippen molar-refractivity contribution in [1.82, 2.24) is 20.6 Å². The molecule has 0 fully saturated rings. The first-order chi connectivity index (χ1) is 14.8. The number of carbonyl (C=O) groups is 2. The van der Waals surface area contributed by atoms with E-state index < -0.39 is 11.8 Å². The molecular weight excluding hydrogens is 396 g/mol. The van der Waals surface area contributed by atoms with Crippen LogP contribution in [0.25, 0.3) is 0 Å². The number of rotatable bonds is 6. The lowest BCUT2D eigenvalue weighted by molar-refractivity contribution is 0.0845. The van der Waals surface area contributed by atoms with Gasteiger partial charge in [0.25, 0.3) is 11.8 Å². The van der Waals surface area contributed by atoms with Gasteiger partial charge in [-0.15, -0.1) is 0 Å². The smallest absolute Gasteiger partial charge is 0.273 e. The van der Waals surface area contributed by atoms with Gasteiger partial charge in [0.1, 0.15) is 11.5 Å². The minimum Gasteiger partial charge on any atom is -0.497 e. The number of aromatic nitrogens is 2. The predicted molar refractivity (Wildman–Crippen MR) is 116 cm³/mol. The van der Waals surface area contributed by atoms with Gasteiger partial charge < -0.3 is 9.47 Å². The van der Waals surface area contributed by atoms with Crippen LogP contribution in [-0.4, -0.2) is 35.8 Å². The third kappa shape index (κ3) is 5.03. The lowest BCUT2D eigenvalue weighted by atomic mass is 10.1. The van der Waals surface area contributed by atoms with Gasteiger partial charge in [0.2, 0.25) is 0 Å². The largest absolute Gasteiger partial charge is 0.497 e. The van der Waals surface area contributed by atoms with Crippen molar-refractivity contribution in [2.75, 3.05) is 14.2 Å². The summed E-state index contributed by atoms with van der Waals surface area (Å²) in [5.74, 6) is 0.0149. The maximum absolute atomic E-state index is 12.8. The molecule has 2 aromatic carbocycles. The second-order valence-electron chi connectivity index (χ2n) is 7.20. The molecule has 8 heteroatoms. The number of methoxy groups -OCH3 is 2. The van der Waals surface area contributed by atoms with E-state index in [0.29, 0.717) is 40.6 Å². The molecule has 0 aliphatic rings. The molecule has 2 amide bonds. The fourth-order valence-corrected chi connectivity index (χ4v) is 3.23. The SMILES string of the molecule is COc1cc(OC)cc(C(=O)NNC(=O)c2c(C)nn(Cc3ccc(C)cc3)c2C)c1. The molecule has 8 nitrogen and oxygen atoms in total. The summed E-state index contributed by atoms with van der Waals surface area (Å²) in [6.45, 7) is 6.18. The van der Waals surface area contributed by atoms with E-state index in [1.807, 2.05) is 38.1 Å². The van der Waals surface area contributed by atoms with E-state index in [-0.39, 0.29) is 0 Å². The van der Waals surface area contributed by atoms with Gasteiger partial charge >= 0.3 is 0 Å². The van der Waals surface area contributed by atoms with Crippen LogP contribution in [0.4, 0.5) is 0 Å². The van der Waals surface area contributed by atoms with E-state index in [0.717, 1.165) is 5.56 Å². The van der Waals surface area contributed by atoms with Crippen LogP contribution in [0, 0.1) is 20.8 Å². The first-order valence-electron chi connectivity index (χ1n) is 9.75. The number of nitrogens with one attached hydrogen (secondary N) is 2. The minimum atomic E-state index is -0.493. The van der Waals surface area contributed by atoms with Crippen LogP contribution in [0.5, 0.6) is 11.5 Å². The Hall–Kier alpha value is -3.81. The van der Waals surface area contributed by atoms with E-state index in [9.17, 15) is 9.59 Å². The summed E-state index contributed by atoms with van der Waals surface area (Å²) in [4.78, 5) is 25.3. The number of hydrazine groups is 1. The van der Waals surface area contributed by atoms with Crippen molar-refractivity contribution >= 4 is 11.8 Å². The van der Waals surface area contributed by atoms with Crippen molar-refractivity contribution in [2.45, 2.75) is 27.3 Å². The fraction of sp³-hybridized carbons (Fsp3) is 0.261. The van der Waals surface area contributed by atoms with Crippen molar-refractivity contribution in [3.63, 3.8) is 0 Å². The summed E-state index contributed by atoms with van der Waals surface area (Å²) in [6.07, 6.45) is 0. The second kappa shape index (κ2) is 9.34. The van der Waals surface area contributed by atoms with Crippen LogP contribution >= 0.6 is 0 Å². The molecular formula is C23H26N4O4. The van der Waals surface area contributed by atoms with Gasteiger partial charge in [-0.1, -0.05) is 29.8 Å². The normalized spacial score (nSPS) is 10.5. The molecule has 2 N–H and O–H groups in total. The highest BCUT2D eigenvalue weighted by Crippen LogP contribution is 2.22. The van der Waals surface area contributed by atoms with E-state index in [2.05, 4.69) is 16.0 Å². The molecule has 31 heavy (non-hydrogen) atoms. The maximum Gasteiger partial charge on any atom is 0.273 e. The zero-order chi connectivity index (χ0) is 22.5. The Kier molecular flexibility index (Phi) is 6.59. The van der Waals surface area contributed by atoms with Crippen molar-refractivity contribution in [3.05, 3.63) is 76.1 Å². The van der Waals surface area contributed by atoms with Crippen LogP contribution in [0.1, 0.15) is 43.2 Å². The van der Waals surface area contributed by atoms with Gasteiger partial charge in [-0.3, -0.25) is 25.1 Å². The van der Waals surface area contributed by atoms with Gasteiger partial charge in [-0.05, 0) is 38.5 Å². The van der Waals surface area contributed by atoms with E-state index in [4.69, 9.17) is 9.47 Å². The minimum absolute atomic E-state index is 0.292. The number of ether oxygens (including phenoxy) is 2. The molecule has 1 aromatic heterocycles. The third-order valence-electron chi connectivity index (χ3n) is 4.96. The molecule has 0 spiro atoms. The number of aryl methyl sites for hydroxylation is 2. The number of nitrogens with zero attached hydrogens (tertiary/aromatic N) is 2. The van der Waals surface area contributed by atoms with Crippen molar-refractivity contribution in [2.24, 2.45) is 0 Å². The van der Waals surface area contributed by atoms with Crippen LogP contribution < -0.4 is 20.3 Å². The molecule has 0 bridgehead atoms. The van der Waals surface area contributed by atoms with Gasteiger partial charge in [0.05, 0.1) is 32.0 Å². The predicted octanol–water partition coefficient (Wildman–Crippen LogP) is 2.95. The Morgan fingerprint density at radius 1 is 0.903 bits per heavy atom.